The first-order valence-electron chi connectivity index (χ1n) is 9.21. The van der Waals surface area contributed by atoms with E-state index in [0.717, 1.165) is 39.8 Å². The number of pyridine rings is 2. The number of rotatable bonds is 6. The zero-order valence-electron chi connectivity index (χ0n) is 16.2. The van der Waals surface area contributed by atoms with E-state index in [1.807, 2.05) is 36.0 Å². The third kappa shape index (κ3) is 3.11. The third-order valence-corrected chi connectivity index (χ3v) is 5.44. The predicted octanol–water partition coefficient (Wildman–Crippen LogP) is 2.76. The maximum absolute atomic E-state index is 10.1. The molecule has 7 nitrogen and oxygen atoms in total. The molecule has 1 unspecified atom stereocenters. The number of methoxy groups -OCH3 is 1. The van der Waals surface area contributed by atoms with Crippen molar-refractivity contribution in [3.63, 3.8) is 0 Å². The summed E-state index contributed by atoms with van der Waals surface area (Å²) >= 11 is 0. The lowest BCUT2D eigenvalue weighted by Crippen LogP contribution is -2.32. The number of aliphatic imine (C=N–C) groups is 1. The van der Waals surface area contributed by atoms with Crippen LogP contribution in [0.1, 0.15) is 17.7 Å². The highest BCUT2D eigenvalue weighted by molar-refractivity contribution is 5.96. The number of hydrogen-bond acceptors (Lipinski definition) is 6. The molecular formula is C21H24N4O3. The average molecular weight is 380 g/mol. The monoisotopic (exact) mass is 380 g/mol. The minimum absolute atomic E-state index is 0.000134. The molecule has 146 valence electrons. The van der Waals surface area contributed by atoms with Gasteiger partial charge in [-0.2, -0.15) is 0 Å². The van der Waals surface area contributed by atoms with E-state index >= 15 is 0 Å². The Labute approximate surface area is 163 Å². The quantitative estimate of drug-likeness (QED) is 0.665. The zero-order valence-corrected chi connectivity index (χ0v) is 16.2. The third-order valence-electron chi connectivity index (χ3n) is 5.44. The molecule has 3 aromatic heterocycles. The summed E-state index contributed by atoms with van der Waals surface area (Å²) in [5.41, 5.74) is 4.18. The van der Waals surface area contributed by atoms with Gasteiger partial charge in [0.2, 0.25) is 0 Å². The molecule has 4 heterocycles. The van der Waals surface area contributed by atoms with E-state index in [0.29, 0.717) is 25.6 Å². The molecule has 0 bridgehead atoms. The van der Waals surface area contributed by atoms with Crippen molar-refractivity contribution in [3.05, 3.63) is 41.9 Å². The van der Waals surface area contributed by atoms with Gasteiger partial charge in [-0.3, -0.25) is 4.98 Å². The molecule has 4 rings (SSSR count). The summed E-state index contributed by atoms with van der Waals surface area (Å²) in [5.74, 6) is 0.573. The van der Waals surface area contributed by atoms with Crippen molar-refractivity contribution in [3.8, 4) is 11.3 Å². The van der Waals surface area contributed by atoms with Gasteiger partial charge in [0.25, 0.3) is 0 Å². The van der Waals surface area contributed by atoms with Gasteiger partial charge in [0, 0.05) is 37.9 Å². The summed E-state index contributed by atoms with van der Waals surface area (Å²) in [7, 11) is 3.65. The van der Waals surface area contributed by atoms with E-state index in [2.05, 4.69) is 16.7 Å². The number of ether oxygens (including phenoxy) is 2. The fraction of sp³-hybridized carbons (Fsp3) is 0.381. The molecule has 0 radical (unpaired) electrons. The van der Waals surface area contributed by atoms with E-state index in [1.54, 1.807) is 13.3 Å². The van der Waals surface area contributed by atoms with Crippen LogP contribution in [0.25, 0.3) is 22.2 Å². The zero-order chi connectivity index (χ0) is 19.7. The van der Waals surface area contributed by atoms with Crippen LogP contribution in [0.4, 0.5) is 5.82 Å². The molecule has 0 aromatic carbocycles. The van der Waals surface area contributed by atoms with Gasteiger partial charge in [-0.1, -0.05) is 0 Å². The molecular weight excluding hydrogens is 356 g/mol. The molecule has 1 saturated heterocycles. The summed E-state index contributed by atoms with van der Waals surface area (Å²) < 4.78 is 13.0. The van der Waals surface area contributed by atoms with Gasteiger partial charge in [0.15, 0.2) is 5.82 Å². The lowest BCUT2D eigenvalue weighted by atomic mass is 9.83. The van der Waals surface area contributed by atoms with Gasteiger partial charge < -0.3 is 19.1 Å². The Morgan fingerprint density at radius 2 is 2.25 bits per heavy atom. The number of aliphatic hydroxyl groups excluding tert-OH is 1. The maximum Gasteiger partial charge on any atom is 0.151 e. The second-order valence-electron chi connectivity index (χ2n) is 7.29. The first-order valence-corrected chi connectivity index (χ1v) is 9.21. The van der Waals surface area contributed by atoms with Gasteiger partial charge in [-0.25, -0.2) is 9.98 Å². The Balaban J connectivity index is 1.92. The number of nitrogens with zero attached hydrogens (tertiary/aromatic N) is 4. The second-order valence-corrected chi connectivity index (χ2v) is 7.29. The first kappa shape index (κ1) is 18.7. The smallest absolute Gasteiger partial charge is 0.151 e. The first-order chi connectivity index (χ1) is 13.6. The summed E-state index contributed by atoms with van der Waals surface area (Å²) in [6, 6.07) is 5.97. The van der Waals surface area contributed by atoms with E-state index in [-0.39, 0.29) is 6.61 Å². The number of aromatic nitrogens is 3. The molecule has 1 aliphatic rings. The van der Waals surface area contributed by atoms with E-state index < -0.39 is 5.41 Å². The highest BCUT2D eigenvalue weighted by Crippen LogP contribution is 2.36. The van der Waals surface area contributed by atoms with Gasteiger partial charge in [-0.15, -0.1) is 0 Å². The Bertz CT molecular complexity index is 1020. The molecule has 1 N–H and O–H groups in total. The van der Waals surface area contributed by atoms with Gasteiger partial charge >= 0.3 is 0 Å². The normalized spacial score (nSPS) is 19.4. The SMILES string of the molecule is C=Nc1cc2c(-c3cc(COC)cc(C4(CO)CCOC4)n3)cn(C)c2cn1. The van der Waals surface area contributed by atoms with Crippen LogP contribution in [0.2, 0.25) is 0 Å². The van der Waals surface area contributed by atoms with Gasteiger partial charge in [0.05, 0.1) is 48.3 Å². The van der Waals surface area contributed by atoms with Gasteiger partial charge in [-0.05, 0) is 36.9 Å². The Morgan fingerprint density at radius 3 is 2.93 bits per heavy atom. The molecule has 0 aliphatic carbocycles. The average Bonchev–Trinajstić information content (AvgIpc) is 3.33. The lowest BCUT2D eigenvalue weighted by molar-refractivity contribution is 0.138. The number of hydrogen-bond donors (Lipinski definition) is 1. The molecule has 7 heteroatoms. The predicted molar refractivity (Wildman–Crippen MR) is 108 cm³/mol. The molecule has 1 atom stereocenters. The van der Waals surface area contributed by atoms with Crippen LogP contribution in [-0.2, 0) is 28.5 Å². The number of aliphatic hydroxyl groups is 1. The Kier molecular flexibility index (Phi) is 4.97. The van der Waals surface area contributed by atoms with Crippen molar-refractivity contribution in [2.45, 2.75) is 18.4 Å². The second kappa shape index (κ2) is 7.43. The van der Waals surface area contributed by atoms with Crippen molar-refractivity contribution in [1.29, 1.82) is 0 Å². The summed E-state index contributed by atoms with van der Waals surface area (Å²) in [6.07, 6.45) is 4.58. The molecule has 3 aromatic rings. The highest BCUT2D eigenvalue weighted by atomic mass is 16.5. The van der Waals surface area contributed by atoms with Crippen molar-refractivity contribution >= 4 is 23.4 Å². The van der Waals surface area contributed by atoms with E-state index in [9.17, 15) is 5.11 Å². The number of fused-ring (bicyclic) bond motifs is 1. The highest BCUT2D eigenvalue weighted by Gasteiger charge is 2.38. The summed E-state index contributed by atoms with van der Waals surface area (Å²) in [4.78, 5) is 13.2. The van der Waals surface area contributed by atoms with Crippen LogP contribution in [0.15, 0.2) is 35.6 Å². The number of aryl methyl sites for hydroxylation is 1. The summed E-state index contributed by atoms with van der Waals surface area (Å²) in [5, 5.41) is 11.1. The molecule has 28 heavy (non-hydrogen) atoms. The largest absolute Gasteiger partial charge is 0.395 e. The van der Waals surface area contributed by atoms with Crippen LogP contribution in [0.5, 0.6) is 0 Å². The fourth-order valence-electron chi connectivity index (χ4n) is 3.82. The van der Waals surface area contributed by atoms with Crippen molar-refractivity contribution < 1.29 is 14.6 Å². The molecule has 1 fully saturated rings. The maximum atomic E-state index is 10.1. The Hall–Kier alpha value is -2.61. The fourth-order valence-corrected chi connectivity index (χ4v) is 3.82. The summed E-state index contributed by atoms with van der Waals surface area (Å²) in [6.45, 7) is 5.14. The van der Waals surface area contributed by atoms with Gasteiger partial charge in [0.1, 0.15) is 0 Å². The van der Waals surface area contributed by atoms with Crippen molar-refractivity contribution in [1.82, 2.24) is 14.5 Å². The minimum atomic E-state index is -0.474. The standard InChI is InChI=1S/C21H24N4O3/c1-22-20-8-15-16(10-25(2)18(15)9-23-20)17-6-14(11-27-3)7-19(24-17)21(12-26)4-5-28-13-21/h6-10,26H,1,4-5,11-13H2,2-3H3. The van der Waals surface area contributed by atoms with Crippen molar-refractivity contribution in [2.75, 3.05) is 26.9 Å². The van der Waals surface area contributed by atoms with Crippen LogP contribution in [0.3, 0.4) is 0 Å². The van der Waals surface area contributed by atoms with Crippen LogP contribution in [0, 0.1) is 0 Å². The van der Waals surface area contributed by atoms with Crippen molar-refractivity contribution in [2.24, 2.45) is 12.0 Å². The van der Waals surface area contributed by atoms with E-state index in [1.165, 1.54) is 0 Å². The van der Waals surface area contributed by atoms with Crippen LogP contribution >= 0.6 is 0 Å². The van der Waals surface area contributed by atoms with Crippen LogP contribution in [-0.4, -0.2) is 53.3 Å². The minimum Gasteiger partial charge on any atom is -0.395 e. The molecule has 0 amide bonds. The van der Waals surface area contributed by atoms with Crippen LogP contribution < -0.4 is 0 Å². The Morgan fingerprint density at radius 1 is 1.39 bits per heavy atom. The lowest BCUT2D eigenvalue weighted by Gasteiger charge is -2.25. The molecule has 0 saturated carbocycles. The van der Waals surface area contributed by atoms with E-state index in [4.69, 9.17) is 14.5 Å². The molecule has 0 spiro atoms. The molecule has 1 aliphatic heterocycles. The topological polar surface area (TPSA) is 81.8 Å².